The lowest BCUT2D eigenvalue weighted by Gasteiger charge is -2.30. The van der Waals surface area contributed by atoms with E-state index in [-0.39, 0.29) is 12.1 Å². The van der Waals surface area contributed by atoms with Gasteiger partial charge in [-0.3, -0.25) is 10.1 Å². The van der Waals surface area contributed by atoms with Gasteiger partial charge in [-0.15, -0.1) is 0 Å². The van der Waals surface area contributed by atoms with Gasteiger partial charge in [0, 0.05) is 12.6 Å². The smallest absolute Gasteiger partial charge is 0.238 e. The molecule has 0 bridgehead atoms. The molecule has 2 heterocycles. The molecule has 2 fully saturated rings. The van der Waals surface area contributed by atoms with Crippen molar-refractivity contribution in [1.29, 1.82) is 0 Å². The first kappa shape index (κ1) is 14.5. The summed E-state index contributed by atoms with van der Waals surface area (Å²) < 4.78 is 0. The van der Waals surface area contributed by atoms with Crippen molar-refractivity contribution in [3.05, 3.63) is 35.4 Å². The SMILES string of the molecule is CC(C)c1ccc(C2NCC(=O)N2C2CCN(C)C2)cc1. The summed E-state index contributed by atoms with van der Waals surface area (Å²) in [4.78, 5) is 16.6. The fourth-order valence-corrected chi connectivity index (χ4v) is 3.41. The van der Waals surface area contributed by atoms with Crippen molar-refractivity contribution in [2.24, 2.45) is 0 Å². The number of carbonyl (C=O) groups is 1. The number of likely N-dealkylation sites (N-methyl/N-ethyl adjacent to an activating group) is 1. The Morgan fingerprint density at radius 2 is 1.95 bits per heavy atom. The normalized spacial score (nSPS) is 27.0. The molecule has 2 aliphatic heterocycles. The van der Waals surface area contributed by atoms with Crippen molar-refractivity contribution in [3.8, 4) is 0 Å². The molecule has 1 amide bonds. The lowest BCUT2D eigenvalue weighted by atomic mass is 10.0. The monoisotopic (exact) mass is 287 g/mol. The fourth-order valence-electron chi connectivity index (χ4n) is 3.41. The van der Waals surface area contributed by atoms with Crippen molar-refractivity contribution < 1.29 is 4.79 Å². The van der Waals surface area contributed by atoms with Crippen LogP contribution >= 0.6 is 0 Å². The fraction of sp³-hybridized carbons (Fsp3) is 0.588. The average molecular weight is 287 g/mol. The summed E-state index contributed by atoms with van der Waals surface area (Å²) in [7, 11) is 2.13. The molecular weight excluding hydrogens is 262 g/mol. The van der Waals surface area contributed by atoms with Gasteiger partial charge in [-0.05, 0) is 37.1 Å². The molecule has 1 aromatic rings. The first-order valence-electron chi connectivity index (χ1n) is 7.89. The number of benzene rings is 1. The molecule has 4 nitrogen and oxygen atoms in total. The third kappa shape index (κ3) is 2.83. The molecule has 0 saturated carbocycles. The van der Waals surface area contributed by atoms with E-state index in [9.17, 15) is 4.79 Å². The van der Waals surface area contributed by atoms with E-state index in [1.807, 2.05) is 0 Å². The van der Waals surface area contributed by atoms with Crippen molar-refractivity contribution in [1.82, 2.24) is 15.1 Å². The van der Waals surface area contributed by atoms with Crippen LogP contribution in [0.1, 0.15) is 43.5 Å². The summed E-state index contributed by atoms with van der Waals surface area (Å²) in [5.41, 5.74) is 2.54. The Hall–Kier alpha value is -1.39. The number of nitrogens with one attached hydrogen (secondary N) is 1. The van der Waals surface area contributed by atoms with Crippen LogP contribution < -0.4 is 5.32 Å². The zero-order valence-corrected chi connectivity index (χ0v) is 13.2. The second-order valence-electron chi connectivity index (χ2n) is 6.61. The highest BCUT2D eigenvalue weighted by atomic mass is 16.2. The Bertz CT molecular complexity index is 511. The molecule has 0 aliphatic carbocycles. The van der Waals surface area contributed by atoms with Gasteiger partial charge in [-0.2, -0.15) is 0 Å². The van der Waals surface area contributed by atoms with Gasteiger partial charge in [0.15, 0.2) is 0 Å². The van der Waals surface area contributed by atoms with Gasteiger partial charge in [0.05, 0.1) is 6.54 Å². The van der Waals surface area contributed by atoms with Gasteiger partial charge < -0.3 is 9.80 Å². The number of nitrogens with zero attached hydrogens (tertiary/aromatic N) is 2. The highest BCUT2D eigenvalue weighted by Crippen LogP contribution is 2.29. The molecule has 2 saturated heterocycles. The minimum absolute atomic E-state index is 0.0372. The lowest BCUT2D eigenvalue weighted by molar-refractivity contribution is -0.130. The van der Waals surface area contributed by atoms with Crippen LogP contribution in [0.15, 0.2) is 24.3 Å². The maximum atomic E-state index is 12.3. The number of amides is 1. The van der Waals surface area contributed by atoms with E-state index in [0.717, 1.165) is 19.5 Å². The molecule has 1 N–H and O–H groups in total. The van der Waals surface area contributed by atoms with Crippen LogP contribution in [-0.2, 0) is 4.79 Å². The van der Waals surface area contributed by atoms with Crippen LogP contribution in [0.4, 0.5) is 0 Å². The van der Waals surface area contributed by atoms with E-state index in [1.54, 1.807) is 0 Å². The van der Waals surface area contributed by atoms with Crippen molar-refractivity contribution in [3.63, 3.8) is 0 Å². The summed E-state index contributed by atoms with van der Waals surface area (Å²) in [6, 6.07) is 9.04. The van der Waals surface area contributed by atoms with E-state index >= 15 is 0 Å². The Balaban J connectivity index is 1.81. The third-order valence-electron chi connectivity index (χ3n) is 4.69. The number of rotatable bonds is 3. The molecule has 0 aromatic heterocycles. The molecule has 1 aromatic carbocycles. The minimum Gasteiger partial charge on any atom is -0.317 e. The van der Waals surface area contributed by atoms with E-state index in [2.05, 4.69) is 60.3 Å². The third-order valence-corrected chi connectivity index (χ3v) is 4.69. The Morgan fingerprint density at radius 3 is 2.52 bits per heavy atom. The molecule has 2 aliphatic rings. The van der Waals surface area contributed by atoms with Crippen molar-refractivity contribution in [2.75, 3.05) is 26.7 Å². The van der Waals surface area contributed by atoms with E-state index < -0.39 is 0 Å². The lowest BCUT2D eigenvalue weighted by Crippen LogP contribution is -2.41. The second-order valence-corrected chi connectivity index (χ2v) is 6.61. The van der Waals surface area contributed by atoms with Crippen molar-refractivity contribution in [2.45, 2.75) is 38.4 Å². The Kier molecular flexibility index (Phi) is 4.00. The van der Waals surface area contributed by atoms with Gasteiger partial charge in [0.25, 0.3) is 0 Å². The molecule has 4 heteroatoms. The zero-order chi connectivity index (χ0) is 15.0. The summed E-state index contributed by atoms with van der Waals surface area (Å²) in [5.74, 6) is 0.769. The van der Waals surface area contributed by atoms with Crippen LogP contribution in [-0.4, -0.2) is 48.4 Å². The summed E-state index contributed by atoms with van der Waals surface area (Å²) in [5, 5.41) is 3.37. The highest BCUT2D eigenvalue weighted by molar-refractivity contribution is 5.81. The number of hydrogen-bond acceptors (Lipinski definition) is 3. The molecule has 0 spiro atoms. The van der Waals surface area contributed by atoms with E-state index in [1.165, 1.54) is 11.1 Å². The number of hydrogen-bond donors (Lipinski definition) is 1. The molecule has 114 valence electrons. The Labute approximate surface area is 127 Å². The summed E-state index contributed by atoms with van der Waals surface area (Å²) in [6.45, 7) is 6.91. The van der Waals surface area contributed by atoms with Gasteiger partial charge in [-0.25, -0.2) is 0 Å². The van der Waals surface area contributed by atoms with Crippen LogP contribution in [0.5, 0.6) is 0 Å². The standard InChI is InChI=1S/C17H25N3O/c1-12(2)13-4-6-14(7-5-13)17-18-10-16(21)20(17)15-8-9-19(3)11-15/h4-7,12,15,17-18H,8-11H2,1-3H3. The largest absolute Gasteiger partial charge is 0.317 e. The van der Waals surface area contributed by atoms with Crippen LogP contribution in [0.25, 0.3) is 0 Å². The topological polar surface area (TPSA) is 35.6 Å². The summed E-state index contributed by atoms with van der Waals surface area (Å²) >= 11 is 0. The van der Waals surface area contributed by atoms with Crippen molar-refractivity contribution >= 4 is 5.91 Å². The molecule has 2 unspecified atom stereocenters. The first-order chi connectivity index (χ1) is 10.1. The van der Waals surface area contributed by atoms with Gasteiger partial charge in [0.2, 0.25) is 5.91 Å². The predicted molar refractivity (Wildman–Crippen MR) is 84.0 cm³/mol. The molecule has 21 heavy (non-hydrogen) atoms. The zero-order valence-electron chi connectivity index (χ0n) is 13.2. The first-order valence-corrected chi connectivity index (χ1v) is 7.89. The van der Waals surface area contributed by atoms with Gasteiger partial charge in [0.1, 0.15) is 6.17 Å². The van der Waals surface area contributed by atoms with Crippen LogP contribution in [0.2, 0.25) is 0 Å². The van der Waals surface area contributed by atoms with Gasteiger partial charge >= 0.3 is 0 Å². The quantitative estimate of drug-likeness (QED) is 0.923. The molecular formula is C17H25N3O. The molecule has 2 atom stereocenters. The maximum absolute atomic E-state index is 12.3. The summed E-state index contributed by atoms with van der Waals surface area (Å²) in [6.07, 6.45) is 1.11. The van der Waals surface area contributed by atoms with Gasteiger partial charge in [-0.1, -0.05) is 38.1 Å². The minimum atomic E-state index is 0.0372. The number of carbonyl (C=O) groups excluding carboxylic acids is 1. The van der Waals surface area contributed by atoms with Crippen LogP contribution in [0.3, 0.4) is 0 Å². The maximum Gasteiger partial charge on any atom is 0.238 e. The second kappa shape index (κ2) is 5.78. The highest BCUT2D eigenvalue weighted by Gasteiger charge is 2.38. The number of likely N-dealkylation sites (tertiary alicyclic amines) is 1. The molecule has 0 radical (unpaired) electrons. The molecule has 3 rings (SSSR count). The Morgan fingerprint density at radius 1 is 1.24 bits per heavy atom. The predicted octanol–water partition coefficient (Wildman–Crippen LogP) is 1.94. The van der Waals surface area contributed by atoms with Crippen LogP contribution in [0, 0.1) is 0 Å². The van der Waals surface area contributed by atoms with E-state index in [0.29, 0.717) is 18.5 Å². The van der Waals surface area contributed by atoms with E-state index in [4.69, 9.17) is 0 Å². The average Bonchev–Trinajstić information content (AvgIpc) is 3.04.